The molecule has 6 heteroatoms. The highest BCUT2D eigenvalue weighted by atomic mass is 35.5. The first-order valence-corrected chi connectivity index (χ1v) is 9.79. The Morgan fingerprint density at radius 2 is 1.75 bits per heavy atom. The van der Waals surface area contributed by atoms with Gasteiger partial charge in [0.1, 0.15) is 0 Å². The van der Waals surface area contributed by atoms with Crippen LogP contribution in [0.25, 0.3) is 11.1 Å². The van der Waals surface area contributed by atoms with Crippen LogP contribution in [0.15, 0.2) is 42.5 Å². The van der Waals surface area contributed by atoms with Gasteiger partial charge in [-0.3, -0.25) is 4.31 Å². The van der Waals surface area contributed by atoms with E-state index in [4.69, 9.17) is 16.3 Å². The highest BCUT2D eigenvalue weighted by molar-refractivity contribution is 7.92. The smallest absolute Gasteiger partial charge is 0.234 e. The molecular weight excluding hydrogens is 346 g/mol. The summed E-state index contributed by atoms with van der Waals surface area (Å²) in [5, 5.41) is 0.676. The number of sulfonamides is 1. The van der Waals surface area contributed by atoms with Crippen molar-refractivity contribution in [3.63, 3.8) is 0 Å². The number of hydrogen-bond acceptors (Lipinski definition) is 3. The summed E-state index contributed by atoms with van der Waals surface area (Å²) in [6, 6.07) is 13.2. The van der Waals surface area contributed by atoms with Gasteiger partial charge in [-0.2, -0.15) is 0 Å². The first kappa shape index (κ1) is 18.8. The number of rotatable bonds is 7. The maximum Gasteiger partial charge on any atom is 0.234 e. The quantitative estimate of drug-likeness (QED) is 0.731. The summed E-state index contributed by atoms with van der Waals surface area (Å²) >= 11 is 5.95. The monoisotopic (exact) mass is 367 g/mol. The van der Waals surface area contributed by atoms with E-state index in [1.807, 2.05) is 49.4 Å². The fraction of sp³-hybridized carbons (Fsp3) is 0.333. The molecule has 0 aliphatic heterocycles. The van der Waals surface area contributed by atoms with E-state index in [2.05, 4.69) is 0 Å². The molecule has 0 aromatic heterocycles. The summed E-state index contributed by atoms with van der Waals surface area (Å²) in [4.78, 5) is 0. The zero-order chi connectivity index (χ0) is 17.7. The fourth-order valence-electron chi connectivity index (χ4n) is 2.62. The minimum atomic E-state index is -3.30. The van der Waals surface area contributed by atoms with E-state index in [9.17, 15) is 8.42 Å². The van der Waals surface area contributed by atoms with Crippen LogP contribution in [0.1, 0.15) is 19.4 Å². The maximum atomic E-state index is 12.3. The molecule has 0 N–H and O–H groups in total. The number of benzene rings is 2. The van der Waals surface area contributed by atoms with Crippen LogP contribution in [0.3, 0.4) is 0 Å². The molecule has 0 atom stereocenters. The molecule has 0 saturated heterocycles. The van der Waals surface area contributed by atoms with Crippen molar-refractivity contribution in [3.05, 3.63) is 53.1 Å². The fourth-order valence-corrected chi connectivity index (χ4v) is 3.88. The zero-order valence-electron chi connectivity index (χ0n) is 14.1. The molecule has 0 fully saturated rings. The molecule has 0 spiro atoms. The normalized spacial score (nSPS) is 11.5. The van der Waals surface area contributed by atoms with Crippen molar-refractivity contribution in [1.82, 2.24) is 0 Å². The number of ether oxygens (including phenoxy) is 1. The molecule has 0 unspecified atom stereocenters. The summed E-state index contributed by atoms with van der Waals surface area (Å²) in [6.45, 7) is 4.27. The molecule has 0 radical (unpaired) electrons. The Morgan fingerprint density at radius 3 is 2.29 bits per heavy atom. The Bertz CT molecular complexity index is 788. The minimum Gasteiger partial charge on any atom is -0.380 e. The highest BCUT2D eigenvalue weighted by Gasteiger charge is 2.20. The van der Waals surface area contributed by atoms with Crippen LogP contribution >= 0.6 is 11.6 Å². The summed E-state index contributed by atoms with van der Waals surface area (Å²) in [7, 11) is -1.68. The predicted octanol–water partition coefficient (Wildman–Crippen LogP) is 4.33. The van der Waals surface area contributed by atoms with Gasteiger partial charge in [-0.1, -0.05) is 29.8 Å². The molecule has 2 aromatic carbocycles. The average molecular weight is 368 g/mol. The van der Waals surface area contributed by atoms with Crippen molar-refractivity contribution < 1.29 is 13.2 Å². The van der Waals surface area contributed by atoms with E-state index in [-0.39, 0.29) is 5.75 Å². The van der Waals surface area contributed by atoms with E-state index in [0.717, 1.165) is 16.7 Å². The Kier molecular flexibility index (Phi) is 6.27. The van der Waals surface area contributed by atoms with Gasteiger partial charge in [-0.15, -0.1) is 0 Å². The summed E-state index contributed by atoms with van der Waals surface area (Å²) in [5.74, 6) is 0.0688. The number of nitrogens with zero attached hydrogens (tertiary/aromatic N) is 1. The van der Waals surface area contributed by atoms with E-state index in [0.29, 0.717) is 23.9 Å². The van der Waals surface area contributed by atoms with E-state index in [1.165, 1.54) is 4.31 Å². The van der Waals surface area contributed by atoms with Crippen LogP contribution in [0.2, 0.25) is 5.02 Å². The first-order valence-electron chi connectivity index (χ1n) is 7.81. The van der Waals surface area contributed by atoms with Gasteiger partial charge in [-0.05, 0) is 54.8 Å². The first-order chi connectivity index (χ1) is 11.4. The summed E-state index contributed by atoms with van der Waals surface area (Å²) in [5.41, 5.74) is 3.60. The van der Waals surface area contributed by atoms with Gasteiger partial charge in [0, 0.05) is 18.7 Å². The third kappa shape index (κ3) is 4.09. The number of anilines is 1. The molecule has 2 rings (SSSR count). The Morgan fingerprint density at radius 1 is 1.08 bits per heavy atom. The molecule has 0 heterocycles. The molecule has 4 nitrogen and oxygen atoms in total. The highest BCUT2D eigenvalue weighted by Crippen LogP contribution is 2.30. The summed E-state index contributed by atoms with van der Waals surface area (Å²) < 4.78 is 31.3. The number of methoxy groups -OCH3 is 1. The van der Waals surface area contributed by atoms with Crippen LogP contribution in [0, 0.1) is 0 Å². The Balaban J connectivity index is 2.51. The standard InChI is InChI=1S/C18H22ClNO3S/c1-4-20(24(21,22)5-2)17-10-11-18(15(12-17)13-23-3)14-6-8-16(19)9-7-14/h6-12H,4-5,13H2,1-3H3. The van der Waals surface area contributed by atoms with Gasteiger partial charge >= 0.3 is 0 Å². The molecule has 0 bridgehead atoms. The van der Waals surface area contributed by atoms with Gasteiger partial charge in [0.25, 0.3) is 0 Å². The lowest BCUT2D eigenvalue weighted by Gasteiger charge is -2.23. The van der Waals surface area contributed by atoms with Crippen LogP contribution < -0.4 is 4.31 Å². The molecule has 0 amide bonds. The predicted molar refractivity (Wildman–Crippen MR) is 100 cm³/mol. The van der Waals surface area contributed by atoms with Crippen molar-refractivity contribution in [3.8, 4) is 11.1 Å². The maximum absolute atomic E-state index is 12.3. The Hall–Kier alpha value is -1.56. The Labute approximate surface area is 149 Å². The van der Waals surface area contributed by atoms with Gasteiger partial charge in [0.05, 0.1) is 18.0 Å². The lowest BCUT2D eigenvalue weighted by atomic mass is 9.99. The van der Waals surface area contributed by atoms with Crippen LogP contribution in [0.5, 0.6) is 0 Å². The van der Waals surface area contributed by atoms with Gasteiger partial charge in [0.15, 0.2) is 0 Å². The molecule has 130 valence electrons. The molecule has 0 aliphatic carbocycles. The van der Waals surface area contributed by atoms with Crippen LogP contribution in [-0.4, -0.2) is 27.8 Å². The van der Waals surface area contributed by atoms with Crippen molar-refractivity contribution in [2.24, 2.45) is 0 Å². The number of hydrogen-bond donors (Lipinski definition) is 0. The van der Waals surface area contributed by atoms with Crippen molar-refractivity contribution in [2.45, 2.75) is 20.5 Å². The molecule has 2 aromatic rings. The second kappa shape index (κ2) is 8.01. The molecule has 0 saturated carbocycles. The molecular formula is C18H22ClNO3S. The lowest BCUT2D eigenvalue weighted by molar-refractivity contribution is 0.185. The van der Waals surface area contributed by atoms with Crippen LogP contribution in [0.4, 0.5) is 5.69 Å². The average Bonchev–Trinajstić information content (AvgIpc) is 2.57. The van der Waals surface area contributed by atoms with E-state index < -0.39 is 10.0 Å². The topological polar surface area (TPSA) is 46.6 Å². The minimum absolute atomic E-state index is 0.0688. The van der Waals surface area contributed by atoms with Gasteiger partial charge < -0.3 is 4.74 Å². The van der Waals surface area contributed by atoms with Gasteiger partial charge in [-0.25, -0.2) is 8.42 Å². The lowest BCUT2D eigenvalue weighted by Crippen LogP contribution is -2.32. The SMILES string of the molecule is CCN(c1ccc(-c2ccc(Cl)cc2)c(COC)c1)S(=O)(=O)CC. The van der Waals surface area contributed by atoms with Crippen LogP contribution in [-0.2, 0) is 21.4 Å². The summed E-state index contributed by atoms with van der Waals surface area (Å²) in [6.07, 6.45) is 0. The number of halogens is 1. The van der Waals surface area contributed by atoms with Crippen molar-refractivity contribution in [1.29, 1.82) is 0 Å². The van der Waals surface area contributed by atoms with Crippen molar-refractivity contribution in [2.75, 3.05) is 23.7 Å². The molecule has 24 heavy (non-hydrogen) atoms. The van der Waals surface area contributed by atoms with Crippen molar-refractivity contribution >= 4 is 27.3 Å². The van der Waals surface area contributed by atoms with E-state index >= 15 is 0 Å². The second-order valence-corrected chi connectivity index (χ2v) is 7.97. The molecule has 0 aliphatic rings. The third-order valence-electron chi connectivity index (χ3n) is 3.82. The van der Waals surface area contributed by atoms with E-state index in [1.54, 1.807) is 14.0 Å². The largest absolute Gasteiger partial charge is 0.380 e. The third-order valence-corrected chi connectivity index (χ3v) is 5.94. The zero-order valence-corrected chi connectivity index (χ0v) is 15.7. The second-order valence-electron chi connectivity index (χ2n) is 5.35. The van der Waals surface area contributed by atoms with Gasteiger partial charge in [0.2, 0.25) is 10.0 Å².